The van der Waals surface area contributed by atoms with Crippen LogP contribution in [0.1, 0.15) is 13.3 Å². The van der Waals surface area contributed by atoms with E-state index in [9.17, 15) is 19.2 Å². The second-order valence-corrected chi connectivity index (χ2v) is 4.54. The maximum absolute atomic E-state index is 11.3. The fraction of sp³-hybridized carbons (Fsp3) is 0.600. The Kier molecular flexibility index (Phi) is 5.63. The fourth-order valence-corrected chi connectivity index (χ4v) is 2.03. The van der Waals surface area contributed by atoms with Crippen molar-refractivity contribution in [3.05, 3.63) is 0 Å². The largest absolute Gasteiger partial charge is 0.348 e. The number of nitrogens with one attached hydrogen (secondary N) is 2. The second kappa shape index (κ2) is 7.00. The maximum Gasteiger partial charge on any atom is 0.309 e. The molecule has 0 unspecified atom stereocenters. The molecule has 0 aromatic carbocycles. The molecule has 1 heterocycles. The molecule has 1 saturated heterocycles. The number of hydrogen-bond acceptors (Lipinski definition) is 5. The van der Waals surface area contributed by atoms with E-state index in [1.807, 2.05) is 6.92 Å². The third-order valence-electron chi connectivity index (χ3n) is 2.20. The van der Waals surface area contributed by atoms with Crippen LogP contribution in [0.15, 0.2) is 0 Å². The van der Waals surface area contributed by atoms with Crippen molar-refractivity contribution >= 4 is 34.7 Å². The first kappa shape index (κ1) is 14.5. The maximum atomic E-state index is 11.3. The van der Waals surface area contributed by atoms with Gasteiger partial charge >= 0.3 is 11.8 Å². The standard InChI is InChI=1S/C10H15N3O4S/c1-2-3-11-8(15)9(16)12-4-5-13-7(14)6-18-10(13)17/h2-6H2,1H3,(H,11,15)(H,12,16). The molecule has 4 amide bonds. The summed E-state index contributed by atoms with van der Waals surface area (Å²) in [6, 6.07) is 0. The lowest BCUT2D eigenvalue weighted by Crippen LogP contribution is -2.43. The van der Waals surface area contributed by atoms with Crippen LogP contribution in [0.3, 0.4) is 0 Å². The molecule has 18 heavy (non-hydrogen) atoms. The predicted molar refractivity (Wildman–Crippen MR) is 65.9 cm³/mol. The summed E-state index contributed by atoms with van der Waals surface area (Å²) in [7, 11) is 0. The van der Waals surface area contributed by atoms with E-state index in [4.69, 9.17) is 0 Å². The molecule has 0 radical (unpaired) electrons. The van der Waals surface area contributed by atoms with Crippen molar-refractivity contribution in [2.45, 2.75) is 13.3 Å². The Morgan fingerprint density at radius 3 is 2.33 bits per heavy atom. The monoisotopic (exact) mass is 273 g/mol. The molecular formula is C10H15N3O4S. The van der Waals surface area contributed by atoms with Crippen LogP contribution >= 0.6 is 11.8 Å². The Labute approximate surface area is 109 Å². The van der Waals surface area contributed by atoms with Gasteiger partial charge in [0, 0.05) is 19.6 Å². The van der Waals surface area contributed by atoms with E-state index in [2.05, 4.69) is 10.6 Å². The van der Waals surface area contributed by atoms with E-state index in [0.29, 0.717) is 6.54 Å². The topological polar surface area (TPSA) is 95.6 Å². The SMILES string of the molecule is CCCNC(=O)C(=O)NCCN1C(=O)CSC1=O. The van der Waals surface area contributed by atoms with Gasteiger partial charge < -0.3 is 10.6 Å². The molecule has 1 fully saturated rings. The Bertz CT molecular complexity index is 356. The van der Waals surface area contributed by atoms with E-state index in [1.165, 1.54) is 0 Å². The Hall–Kier alpha value is -1.57. The normalized spacial score (nSPS) is 14.8. The molecule has 0 bridgehead atoms. The van der Waals surface area contributed by atoms with Crippen molar-refractivity contribution in [1.82, 2.24) is 15.5 Å². The highest BCUT2D eigenvalue weighted by molar-refractivity contribution is 8.14. The first-order chi connectivity index (χ1) is 8.56. The van der Waals surface area contributed by atoms with E-state index < -0.39 is 11.8 Å². The van der Waals surface area contributed by atoms with E-state index in [0.717, 1.165) is 23.1 Å². The number of carbonyl (C=O) groups is 4. The van der Waals surface area contributed by atoms with Gasteiger partial charge in [0.2, 0.25) is 5.91 Å². The zero-order chi connectivity index (χ0) is 13.5. The minimum Gasteiger partial charge on any atom is -0.348 e. The van der Waals surface area contributed by atoms with Crippen LogP contribution in [0.25, 0.3) is 0 Å². The van der Waals surface area contributed by atoms with Gasteiger partial charge in [-0.25, -0.2) is 0 Å². The molecule has 0 aromatic rings. The number of amides is 4. The molecule has 0 saturated carbocycles. The predicted octanol–water partition coefficient (Wildman–Crippen LogP) is -0.676. The molecule has 100 valence electrons. The van der Waals surface area contributed by atoms with Gasteiger partial charge in [0.05, 0.1) is 5.75 Å². The third-order valence-corrected chi connectivity index (χ3v) is 3.06. The number of imide groups is 1. The molecule has 1 rings (SSSR count). The van der Waals surface area contributed by atoms with Crippen LogP contribution in [0.2, 0.25) is 0 Å². The van der Waals surface area contributed by atoms with Gasteiger partial charge in [-0.1, -0.05) is 18.7 Å². The Morgan fingerprint density at radius 2 is 1.83 bits per heavy atom. The summed E-state index contributed by atoms with van der Waals surface area (Å²) < 4.78 is 0. The summed E-state index contributed by atoms with van der Waals surface area (Å²) in [5, 5.41) is 4.46. The summed E-state index contributed by atoms with van der Waals surface area (Å²) >= 11 is 0.935. The minimum atomic E-state index is -0.754. The molecule has 0 aromatic heterocycles. The molecule has 0 atom stereocenters. The van der Waals surface area contributed by atoms with Gasteiger partial charge in [0.15, 0.2) is 0 Å². The Morgan fingerprint density at radius 1 is 1.22 bits per heavy atom. The summed E-state index contributed by atoms with van der Waals surface area (Å²) in [4.78, 5) is 46.0. The fourth-order valence-electron chi connectivity index (χ4n) is 1.28. The lowest BCUT2D eigenvalue weighted by atomic mass is 10.4. The van der Waals surface area contributed by atoms with Gasteiger partial charge in [0.25, 0.3) is 5.24 Å². The minimum absolute atomic E-state index is 0.0798. The molecule has 8 heteroatoms. The van der Waals surface area contributed by atoms with Crippen LogP contribution in [-0.2, 0) is 14.4 Å². The van der Waals surface area contributed by atoms with E-state index in [-0.39, 0.29) is 30.0 Å². The van der Waals surface area contributed by atoms with Crippen molar-refractivity contribution in [1.29, 1.82) is 0 Å². The lowest BCUT2D eigenvalue weighted by Gasteiger charge is -2.12. The highest BCUT2D eigenvalue weighted by Crippen LogP contribution is 2.17. The van der Waals surface area contributed by atoms with Crippen LogP contribution in [0, 0.1) is 0 Å². The molecule has 2 N–H and O–H groups in total. The van der Waals surface area contributed by atoms with Gasteiger partial charge in [-0.2, -0.15) is 0 Å². The molecule has 1 aliphatic heterocycles. The number of nitrogens with zero attached hydrogens (tertiary/aromatic N) is 1. The van der Waals surface area contributed by atoms with Gasteiger partial charge in [0.1, 0.15) is 0 Å². The van der Waals surface area contributed by atoms with Crippen LogP contribution < -0.4 is 10.6 Å². The molecule has 0 aliphatic carbocycles. The van der Waals surface area contributed by atoms with Crippen LogP contribution in [0.4, 0.5) is 4.79 Å². The van der Waals surface area contributed by atoms with Gasteiger partial charge in [-0.15, -0.1) is 0 Å². The van der Waals surface area contributed by atoms with Crippen molar-refractivity contribution in [3.63, 3.8) is 0 Å². The summed E-state index contributed by atoms with van der Waals surface area (Å²) in [6.07, 6.45) is 0.743. The quantitative estimate of drug-likeness (QED) is 0.647. The smallest absolute Gasteiger partial charge is 0.309 e. The van der Waals surface area contributed by atoms with Crippen molar-refractivity contribution in [3.8, 4) is 0 Å². The summed E-state index contributed by atoms with van der Waals surface area (Å²) in [5.74, 6) is -1.58. The molecular weight excluding hydrogens is 258 g/mol. The number of carbonyl (C=O) groups excluding carboxylic acids is 4. The van der Waals surface area contributed by atoms with Crippen molar-refractivity contribution < 1.29 is 19.2 Å². The number of hydrogen-bond donors (Lipinski definition) is 2. The molecule has 7 nitrogen and oxygen atoms in total. The zero-order valence-electron chi connectivity index (χ0n) is 10.0. The van der Waals surface area contributed by atoms with E-state index >= 15 is 0 Å². The third kappa shape index (κ3) is 4.02. The lowest BCUT2D eigenvalue weighted by molar-refractivity contribution is -0.139. The number of thioether (sulfide) groups is 1. The highest BCUT2D eigenvalue weighted by Gasteiger charge is 2.29. The summed E-state index contributed by atoms with van der Waals surface area (Å²) in [6.45, 7) is 2.49. The first-order valence-electron chi connectivity index (χ1n) is 5.59. The van der Waals surface area contributed by atoms with Crippen LogP contribution in [-0.4, -0.2) is 53.2 Å². The van der Waals surface area contributed by atoms with Crippen LogP contribution in [0.5, 0.6) is 0 Å². The first-order valence-corrected chi connectivity index (χ1v) is 6.58. The second-order valence-electron chi connectivity index (χ2n) is 3.61. The summed E-state index contributed by atoms with van der Waals surface area (Å²) in [5.41, 5.74) is 0. The molecule has 1 aliphatic rings. The van der Waals surface area contributed by atoms with Gasteiger partial charge in [-0.05, 0) is 6.42 Å². The average Bonchev–Trinajstić information content (AvgIpc) is 2.67. The van der Waals surface area contributed by atoms with Crippen molar-refractivity contribution in [2.75, 3.05) is 25.4 Å². The highest BCUT2D eigenvalue weighted by atomic mass is 32.2. The Balaban J connectivity index is 2.25. The van der Waals surface area contributed by atoms with Crippen molar-refractivity contribution in [2.24, 2.45) is 0 Å². The molecule has 0 spiro atoms. The average molecular weight is 273 g/mol. The number of rotatable bonds is 5. The van der Waals surface area contributed by atoms with Gasteiger partial charge in [-0.3, -0.25) is 24.1 Å². The van der Waals surface area contributed by atoms with E-state index in [1.54, 1.807) is 0 Å². The zero-order valence-corrected chi connectivity index (χ0v) is 10.8.